The first kappa shape index (κ1) is 12.8. The lowest BCUT2D eigenvalue weighted by molar-refractivity contribution is -0.144. The van der Waals surface area contributed by atoms with Crippen molar-refractivity contribution in [2.75, 3.05) is 20.1 Å². The molecule has 17 heavy (non-hydrogen) atoms. The molecule has 0 aromatic rings. The summed E-state index contributed by atoms with van der Waals surface area (Å²) in [6.45, 7) is 1.52. The van der Waals surface area contributed by atoms with Crippen LogP contribution in [0.5, 0.6) is 0 Å². The van der Waals surface area contributed by atoms with Gasteiger partial charge in [0.15, 0.2) is 0 Å². The number of carboxylic acid groups (broad SMARTS) is 1. The Labute approximate surface area is 103 Å². The van der Waals surface area contributed by atoms with E-state index in [0.717, 1.165) is 25.8 Å². The standard InChI is InChI=1S/C13H24N2O2/c1-15-9-8-13(10-15,12(16)17)14-11-6-4-2-3-5-7-11/h11,14H,2-10H2,1H3,(H,16,17). The van der Waals surface area contributed by atoms with E-state index in [1.54, 1.807) is 0 Å². The zero-order chi connectivity index (χ0) is 12.3. The van der Waals surface area contributed by atoms with Gasteiger partial charge in [-0.15, -0.1) is 0 Å². The number of aliphatic carboxylic acids is 1. The van der Waals surface area contributed by atoms with Gasteiger partial charge in [-0.1, -0.05) is 25.7 Å². The van der Waals surface area contributed by atoms with Crippen molar-refractivity contribution in [2.24, 2.45) is 0 Å². The zero-order valence-electron chi connectivity index (χ0n) is 10.7. The van der Waals surface area contributed by atoms with Gasteiger partial charge in [0.1, 0.15) is 5.54 Å². The number of nitrogens with one attached hydrogen (secondary N) is 1. The lowest BCUT2D eigenvalue weighted by Crippen LogP contribution is -2.57. The summed E-state index contributed by atoms with van der Waals surface area (Å²) in [5.74, 6) is -0.675. The van der Waals surface area contributed by atoms with E-state index in [-0.39, 0.29) is 0 Å². The highest BCUT2D eigenvalue weighted by molar-refractivity contribution is 5.79. The third-order valence-corrected chi connectivity index (χ3v) is 4.21. The Morgan fingerprint density at radius 2 is 1.94 bits per heavy atom. The van der Waals surface area contributed by atoms with E-state index in [0.29, 0.717) is 12.6 Å². The summed E-state index contributed by atoms with van der Waals surface area (Å²) in [4.78, 5) is 13.6. The summed E-state index contributed by atoms with van der Waals surface area (Å²) in [5, 5.41) is 13.0. The van der Waals surface area contributed by atoms with Gasteiger partial charge in [0.05, 0.1) is 0 Å². The second kappa shape index (κ2) is 5.36. The Kier molecular flexibility index (Phi) is 4.05. The molecule has 98 valence electrons. The van der Waals surface area contributed by atoms with Crippen molar-refractivity contribution in [1.29, 1.82) is 0 Å². The van der Waals surface area contributed by atoms with Gasteiger partial charge in [0.2, 0.25) is 0 Å². The molecule has 1 saturated heterocycles. The fraction of sp³-hybridized carbons (Fsp3) is 0.923. The van der Waals surface area contributed by atoms with Crippen LogP contribution in [0.2, 0.25) is 0 Å². The Bertz CT molecular complexity index is 275. The molecule has 4 nitrogen and oxygen atoms in total. The third-order valence-electron chi connectivity index (χ3n) is 4.21. The van der Waals surface area contributed by atoms with Crippen molar-refractivity contribution in [2.45, 2.75) is 56.5 Å². The van der Waals surface area contributed by atoms with Crippen LogP contribution >= 0.6 is 0 Å². The van der Waals surface area contributed by atoms with Crippen molar-refractivity contribution in [3.8, 4) is 0 Å². The second-order valence-electron chi connectivity index (χ2n) is 5.71. The lowest BCUT2D eigenvalue weighted by Gasteiger charge is -2.30. The van der Waals surface area contributed by atoms with Crippen molar-refractivity contribution < 1.29 is 9.90 Å². The topological polar surface area (TPSA) is 52.6 Å². The van der Waals surface area contributed by atoms with Crippen molar-refractivity contribution in [1.82, 2.24) is 10.2 Å². The molecule has 2 aliphatic rings. The Morgan fingerprint density at radius 3 is 2.41 bits per heavy atom. The number of likely N-dealkylation sites (N-methyl/N-ethyl adjacent to an activating group) is 1. The van der Waals surface area contributed by atoms with Gasteiger partial charge in [-0.25, -0.2) is 0 Å². The van der Waals surface area contributed by atoms with Crippen LogP contribution in [0.1, 0.15) is 44.9 Å². The number of carboxylic acids is 1. The van der Waals surface area contributed by atoms with Crippen molar-refractivity contribution in [3.63, 3.8) is 0 Å². The molecule has 0 amide bonds. The van der Waals surface area contributed by atoms with Gasteiger partial charge >= 0.3 is 5.97 Å². The number of nitrogens with zero attached hydrogens (tertiary/aromatic N) is 1. The van der Waals surface area contributed by atoms with E-state index in [4.69, 9.17) is 0 Å². The van der Waals surface area contributed by atoms with Crippen molar-refractivity contribution >= 4 is 5.97 Å². The van der Waals surface area contributed by atoms with Gasteiger partial charge < -0.3 is 10.0 Å². The SMILES string of the molecule is CN1CCC(NC2CCCCCC2)(C(=O)O)C1. The van der Waals surface area contributed by atoms with Crippen LogP contribution < -0.4 is 5.32 Å². The summed E-state index contributed by atoms with van der Waals surface area (Å²) in [7, 11) is 2.00. The maximum atomic E-state index is 11.5. The van der Waals surface area contributed by atoms with Crippen LogP contribution in [0.3, 0.4) is 0 Å². The van der Waals surface area contributed by atoms with E-state index in [1.165, 1.54) is 25.7 Å². The van der Waals surface area contributed by atoms with Gasteiger partial charge in [0, 0.05) is 19.1 Å². The smallest absolute Gasteiger partial charge is 0.325 e. The summed E-state index contributed by atoms with van der Waals surface area (Å²) in [5.41, 5.74) is -0.691. The molecule has 1 aliphatic carbocycles. The molecule has 0 radical (unpaired) electrons. The van der Waals surface area contributed by atoms with Gasteiger partial charge in [0.25, 0.3) is 0 Å². The first-order chi connectivity index (χ1) is 8.12. The molecule has 1 saturated carbocycles. The molecular formula is C13H24N2O2. The highest BCUT2D eigenvalue weighted by Crippen LogP contribution is 2.25. The Balaban J connectivity index is 1.99. The second-order valence-corrected chi connectivity index (χ2v) is 5.71. The molecule has 0 spiro atoms. The maximum absolute atomic E-state index is 11.5. The molecular weight excluding hydrogens is 216 g/mol. The summed E-state index contributed by atoms with van der Waals surface area (Å²) in [6.07, 6.45) is 8.09. The number of hydrogen-bond acceptors (Lipinski definition) is 3. The zero-order valence-corrected chi connectivity index (χ0v) is 10.7. The fourth-order valence-corrected chi connectivity index (χ4v) is 3.17. The van der Waals surface area contributed by atoms with Crippen LogP contribution in [0.4, 0.5) is 0 Å². The molecule has 2 rings (SSSR count). The summed E-state index contributed by atoms with van der Waals surface area (Å²) in [6, 6.07) is 0.403. The minimum atomic E-state index is -0.691. The lowest BCUT2D eigenvalue weighted by atomic mass is 9.95. The number of carbonyl (C=O) groups is 1. The largest absolute Gasteiger partial charge is 0.480 e. The number of likely N-dealkylation sites (tertiary alicyclic amines) is 1. The van der Waals surface area contributed by atoms with Gasteiger partial charge in [-0.05, 0) is 26.3 Å². The highest BCUT2D eigenvalue weighted by Gasteiger charge is 2.44. The minimum absolute atomic E-state index is 0.403. The van der Waals surface area contributed by atoms with E-state index >= 15 is 0 Å². The van der Waals surface area contributed by atoms with Crippen LogP contribution in [0.15, 0.2) is 0 Å². The maximum Gasteiger partial charge on any atom is 0.325 e. The average Bonchev–Trinajstić information content (AvgIpc) is 2.51. The Hall–Kier alpha value is -0.610. The first-order valence-electron chi connectivity index (χ1n) is 6.82. The van der Waals surface area contributed by atoms with Crippen molar-refractivity contribution in [3.05, 3.63) is 0 Å². The monoisotopic (exact) mass is 240 g/mol. The van der Waals surface area contributed by atoms with E-state index in [1.807, 2.05) is 7.05 Å². The number of rotatable bonds is 3. The van der Waals surface area contributed by atoms with Crippen LogP contribution in [0.25, 0.3) is 0 Å². The van der Waals surface area contributed by atoms with E-state index in [9.17, 15) is 9.90 Å². The molecule has 0 aromatic carbocycles. The average molecular weight is 240 g/mol. The Morgan fingerprint density at radius 1 is 1.29 bits per heavy atom. The van der Waals surface area contributed by atoms with Crippen LogP contribution in [-0.4, -0.2) is 47.7 Å². The van der Waals surface area contributed by atoms with E-state index < -0.39 is 11.5 Å². The van der Waals surface area contributed by atoms with E-state index in [2.05, 4.69) is 10.2 Å². The predicted octanol–water partition coefficient (Wildman–Crippen LogP) is 1.46. The molecule has 1 aliphatic heterocycles. The number of hydrogen-bond donors (Lipinski definition) is 2. The highest BCUT2D eigenvalue weighted by atomic mass is 16.4. The molecule has 1 atom stereocenters. The summed E-state index contributed by atoms with van der Waals surface area (Å²) >= 11 is 0. The predicted molar refractivity (Wildman–Crippen MR) is 67.1 cm³/mol. The molecule has 2 fully saturated rings. The van der Waals surface area contributed by atoms with Crippen LogP contribution in [0, 0.1) is 0 Å². The summed E-state index contributed by atoms with van der Waals surface area (Å²) < 4.78 is 0. The molecule has 0 bridgehead atoms. The molecule has 0 aromatic heterocycles. The van der Waals surface area contributed by atoms with Gasteiger partial charge in [-0.2, -0.15) is 0 Å². The first-order valence-corrected chi connectivity index (χ1v) is 6.82. The van der Waals surface area contributed by atoms with Gasteiger partial charge in [-0.3, -0.25) is 10.1 Å². The fourth-order valence-electron chi connectivity index (χ4n) is 3.17. The third kappa shape index (κ3) is 2.99. The minimum Gasteiger partial charge on any atom is -0.480 e. The normalized spacial score (nSPS) is 32.5. The molecule has 1 unspecified atom stereocenters. The molecule has 2 N–H and O–H groups in total. The molecule has 4 heteroatoms. The quantitative estimate of drug-likeness (QED) is 0.733. The molecule has 1 heterocycles. The van der Waals surface area contributed by atoms with Crippen LogP contribution in [-0.2, 0) is 4.79 Å².